The van der Waals surface area contributed by atoms with Crippen molar-refractivity contribution in [2.24, 2.45) is 0 Å². The molecular weight excluding hydrogens is 1130 g/mol. The van der Waals surface area contributed by atoms with Crippen LogP contribution >= 0.6 is 34.2 Å². The summed E-state index contributed by atoms with van der Waals surface area (Å²) >= 11 is 9.14. The molecule has 0 aromatic heterocycles. The number of rotatable bonds is 23. The average Bonchev–Trinajstić information content (AvgIpc) is 3.60. The van der Waals surface area contributed by atoms with Crippen molar-refractivity contribution in [2.45, 2.75) is 114 Å². The largest absolute Gasteiger partial charge is 0.371 e. The fraction of sp³-hybridized carbons (Fsp3) is 0.490. The van der Waals surface area contributed by atoms with E-state index in [0.717, 1.165) is 76.8 Å². The lowest BCUT2D eigenvalue weighted by Gasteiger charge is -2.33. The second kappa shape index (κ2) is 22.6. The van der Waals surface area contributed by atoms with Crippen molar-refractivity contribution in [3.63, 3.8) is 0 Å². The fourth-order valence-corrected chi connectivity index (χ4v) is 12.9. The number of nitrogens with zero attached hydrogens (tertiary/aromatic N) is 3. The van der Waals surface area contributed by atoms with E-state index in [-0.39, 0.29) is 53.6 Å². The summed E-state index contributed by atoms with van der Waals surface area (Å²) in [6.45, 7) is 9.63. The highest BCUT2D eigenvalue weighted by atomic mass is 127. The zero-order valence-electron chi connectivity index (χ0n) is 40.2. The summed E-state index contributed by atoms with van der Waals surface area (Å²) < 4.78 is 132. The molecule has 16 nitrogen and oxygen atoms in total. The lowest BCUT2D eigenvalue weighted by Crippen LogP contribution is -2.41. The lowest BCUT2D eigenvalue weighted by atomic mass is 9.79. The van der Waals surface area contributed by atoms with Gasteiger partial charge in [0.1, 0.15) is 0 Å². The minimum absolute atomic E-state index is 0.0498. The maximum atomic E-state index is 12.1. The second-order valence-electron chi connectivity index (χ2n) is 19.5. The van der Waals surface area contributed by atoms with E-state index in [9.17, 15) is 56.7 Å². The molecule has 71 heavy (non-hydrogen) atoms. The Labute approximate surface area is 437 Å². The summed E-state index contributed by atoms with van der Waals surface area (Å²) in [6, 6.07) is 13.8. The number of carbonyl (C=O) groups is 1. The summed E-state index contributed by atoms with van der Waals surface area (Å²) in [5.41, 5.74) is 6.07. The van der Waals surface area contributed by atoms with Gasteiger partial charge in [-0.3, -0.25) is 23.0 Å². The molecule has 4 N–H and O–H groups in total. The Hall–Kier alpha value is -3.39. The molecule has 1 unspecified atom stereocenters. The van der Waals surface area contributed by atoms with Crippen LogP contribution in [0.15, 0.2) is 99.6 Å². The van der Waals surface area contributed by atoms with Gasteiger partial charge in [-0.2, -0.15) is 33.7 Å². The summed E-state index contributed by atoms with van der Waals surface area (Å²) in [6.07, 6.45) is 13.7. The molecule has 0 saturated carbocycles. The number of anilines is 3. The van der Waals surface area contributed by atoms with Crippen LogP contribution in [-0.2, 0) is 56.1 Å². The van der Waals surface area contributed by atoms with Gasteiger partial charge in [0.25, 0.3) is 40.5 Å². The van der Waals surface area contributed by atoms with Gasteiger partial charge in [0.15, 0.2) is 3.79 Å². The topological polar surface area (TPSA) is 244 Å². The Bertz CT molecular complexity index is 3080. The normalized spacial score (nSPS) is 19.4. The Balaban J connectivity index is 1.35. The number of halogens is 2. The van der Waals surface area contributed by atoms with Gasteiger partial charge in [0.2, 0.25) is 0 Å². The molecule has 0 amide bonds. The molecular formula is C49H63ClIN3O13S4. The number of carbonyl (C=O) groups excluding carboxylic acids is 1. The molecule has 390 valence electrons. The van der Waals surface area contributed by atoms with E-state index in [1.165, 1.54) is 12.1 Å². The predicted octanol–water partition coefficient (Wildman–Crippen LogP) is 9.56. The highest BCUT2D eigenvalue weighted by Crippen LogP contribution is 2.52. The molecule has 1 atom stereocenters. The monoisotopic (exact) mass is 1190 g/mol. The van der Waals surface area contributed by atoms with Crippen molar-refractivity contribution < 1.29 is 56.7 Å². The van der Waals surface area contributed by atoms with Crippen LogP contribution in [0.4, 0.5) is 17.1 Å². The molecule has 0 fully saturated rings. The molecule has 6 rings (SSSR count). The molecule has 22 heteroatoms. The third-order valence-corrected chi connectivity index (χ3v) is 17.9. The first-order valence-electron chi connectivity index (χ1n) is 23.5. The summed E-state index contributed by atoms with van der Waals surface area (Å²) in [5.74, 6) is -1.46. The minimum atomic E-state index is -4.42. The highest BCUT2D eigenvalue weighted by molar-refractivity contribution is 14.1. The van der Waals surface area contributed by atoms with Gasteiger partial charge in [-0.1, -0.05) is 76.1 Å². The number of hydrogen-bond donors (Lipinski definition) is 4. The van der Waals surface area contributed by atoms with Gasteiger partial charge in [0.05, 0.1) is 28.2 Å². The van der Waals surface area contributed by atoms with Crippen LogP contribution in [0.5, 0.6) is 0 Å². The highest BCUT2D eigenvalue weighted by Gasteiger charge is 2.44. The zero-order valence-corrected chi connectivity index (χ0v) is 46.4. The maximum Gasteiger partial charge on any atom is 0.294 e. The molecule has 2 heterocycles. The van der Waals surface area contributed by atoms with Gasteiger partial charge in [-0.15, -0.1) is 0 Å². The van der Waals surface area contributed by atoms with Crippen LogP contribution in [0.3, 0.4) is 0 Å². The molecule has 3 aromatic carbocycles. The van der Waals surface area contributed by atoms with Crippen molar-refractivity contribution >= 4 is 106 Å². The lowest BCUT2D eigenvalue weighted by molar-refractivity contribution is -0.109. The van der Waals surface area contributed by atoms with Crippen molar-refractivity contribution in [1.82, 2.24) is 0 Å². The number of fused-ring (bicyclic) bond motifs is 4. The van der Waals surface area contributed by atoms with Crippen molar-refractivity contribution in [1.29, 1.82) is 0 Å². The molecule has 2 aliphatic heterocycles. The van der Waals surface area contributed by atoms with Gasteiger partial charge in [-0.05, 0) is 149 Å². The molecule has 0 radical (unpaired) electrons. The molecule has 3 aliphatic rings. The van der Waals surface area contributed by atoms with Crippen LogP contribution in [0, 0.1) is 0 Å². The van der Waals surface area contributed by atoms with E-state index in [2.05, 4.69) is 55.7 Å². The first kappa shape index (κ1) is 56.9. The van der Waals surface area contributed by atoms with Crippen molar-refractivity contribution in [3.05, 3.63) is 106 Å². The van der Waals surface area contributed by atoms with E-state index < -0.39 is 68.6 Å². The average molecular weight is 1190 g/mol. The Kier molecular flexibility index (Phi) is 18.1. The first-order chi connectivity index (χ1) is 33.0. The summed E-state index contributed by atoms with van der Waals surface area (Å²) in [7, 11) is -17.2. The molecule has 0 bridgehead atoms. The fourth-order valence-electron chi connectivity index (χ4n) is 10.2. The zero-order chi connectivity index (χ0) is 52.3. The maximum absolute atomic E-state index is 12.1. The van der Waals surface area contributed by atoms with Crippen molar-refractivity contribution in [2.75, 3.05) is 58.1 Å². The van der Waals surface area contributed by atoms with Crippen LogP contribution in [0.2, 0.25) is 0 Å². The number of unbranched alkanes of at least 4 members (excludes halogenated alkanes) is 2. The Morgan fingerprint density at radius 1 is 0.761 bits per heavy atom. The minimum Gasteiger partial charge on any atom is -0.371 e. The van der Waals surface area contributed by atoms with Crippen LogP contribution in [0.1, 0.15) is 103 Å². The van der Waals surface area contributed by atoms with Gasteiger partial charge in [0, 0.05) is 71.2 Å². The first-order valence-corrected chi connectivity index (χ1v) is 31.2. The van der Waals surface area contributed by atoms with Crippen LogP contribution in [-0.4, -0.2) is 105 Å². The van der Waals surface area contributed by atoms with E-state index in [4.69, 9.17) is 11.6 Å². The SMILES string of the molecule is CC1(C)/C(=C\C=C2/CCCC(/C=C/C3N(CCCS(=O)(=O)O)c4ccc(N(CCCS(=O)(=O)O)CCCS(=O)(=O)O)cc4C3(C)C)=C2Cl)N(CCCCCC(=O)I)c2ccc3cc(S(=O)(=O)O)ccc3c21. The molecule has 0 spiro atoms. The number of hydrogen-bond acceptors (Lipinski definition) is 12. The number of benzene rings is 3. The van der Waals surface area contributed by atoms with Crippen LogP contribution in [0.25, 0.3) is 10.8 Å². The molecule has 1 aliphatic carbocycles. The number of allylic oxidation sites excluding steroid dienone is 7. The van der Waals surface area contributed by atoms with Crippen LogP contribution < -0.4 is 14.7 Å². The van der Waals surface area contributed by atoms with Gasteiger partial charge < -0.3 is 14.7 Å². The molecule has 3 aromatic rings. The third kappa shape index (κ3) is 14.5. The standard InChI is InChI=1S/C49H63ClIN3O13S4/c1-48(2)40-33-37(52(25-9-29-68(56,57)58)26-10-30-69(59,60)61)18-22-41(40)53(28-11-31-70(62,63)64)43(48)23-16-34-12-8-13-35(47(34)50)17-24-44-49(3,4)46-39-20-19-38(71(65,66)67)32-36(39)15-21-42(46)54(44)27-7-5-6-14-45(51)55/h15-24,32-33,43H,5-14,25-31H2,1-4H3,(H,56,57,58)(H,59,60,61)(H,62,63,64)(H,65,66,67)/b23-16+,35-17+,44-24+. The summed E-state index contributed by atoms with van der Waals surface area (Å²) in [5, 5.41) is 2.15. The molecule has 0 saturated heterocycles. The Morgan fingerprint density at radius 3 is 2.01 bits per heavy atom. The predicted molar refractivity (Wildman–Crippen MR) is 290 cm³/mol. The van der Waals surface area contributed by atoms with E-state index in [1.54, 1.807) is 11.0 Å². The second-order valence-corrected chi connectivity index (χ2v) is 27.2. The third-order valence-electron chi connectivity index (χ3n) is 13.6. The quantitative estimate of drug-likeness (QED) is 0.0299. The Morgan fingerprint density at radius 2 is 1.39 bits per heavy atom. The van der Waals surface area contributed by atoms with E-state index >= 15 is 0 Å². The van der Waals surface area contributed by atoms with E-state index in [0.29, 0.717) is 35.5 Å². The smallest absolute Gasteiger partial charge is 0.294 e. The van der Waals surface area contributed by atoms with Gasteiger partial charge >= 0.3 is 0 Å². The van der Waals surface area contributed by atoms with E-state index in [1.807, 2.05) is 59.0 Å². The van der Waals surface area contributed by atoms with Gasteiger partial charge in [-0.25, -0.2) is 0 Å². The summed E-state index contributed by atoms with van der Waals surface area (Å²) in [4.78, 5) is 17.7. The van der Waals surface area contributed by atoms with Crippen molar-refractivity contribution in [3.8, 4) is 0 Å².